The highest BCUT2D eigenvalue weighted by Gasteiger charge is 2.75. The van der Waals surface area contributed by atoms with E-state index in [9.17, 15) is 23.5 Å². The summed E-state index contributed by atoms with van der Waals surface area (Å²) in [5.74, 6) is -7.11. The number of hydrogen-bond acceptors (Lipinski definition) is 6. The van der Waals surface area contributed by atoms with Crippen molar-refractivity contribution in [3.8, 4) is 0 Å². The number of halogens is 2. The second-order valence-corrected chi connectivity index (χ2v) is 6.23. The first-order valence-electron chi connectivity index (χ1n) is 7.70. The average Bonchev–Trinajstić information content (AvgIpc) is 3.22. The predicted molar refractivity (Wildman–Crippen MR) is 76.5 cm³/mol. The Morgan fingerprint density at radius 2 is 2.08 bits per heavy atom. The molecular weight excluding hydrogens is 330 g/mol. The van der Waals surface area contributed by atoms with Gasteiger partial charge in [-0.1, -0.05) is 6.92 Å². The molecule has 24 heavy (non-hydrogen) atoms. The Morgan fingerprint density at radius 3 is 2.54 bits per heavy atom. The molecule has 0 bridgehead atoms. The lowest BCUT2D eigenvalue weighted by atomic mass is 9.86. The smallest absolute Gasteiger partial charge is 0.372 e. The second-order valence-electron chi connectivity index (χ2n) is 6.23. The topological polar surface area (TPSA) is 128 Å². The number of aliphatic hydroxyl groups is 2. The molecule has 7 unspecified atom stereocenters. The summed E-state index contributed by atoms with van der Waals surface area (Å²) in [6.07, 6.45) is -3.91. The van der Waals surface area contributed by atoms with Gasteiger partial charge in [-0.3, -0.25) is 4.79 Å². The zero-order valence-electron chi connectivity index (χ0n) is 13.3. The van der Waals surface area contributed by atoms with Crippen molar-refractivity contribution in [3.05, 3.63) is 0 Å². The first-order valence-corrected chi connectivity index (χ1v) is 7.70. The van der Waals surface area contributed by atoms with Crippen LogP contribution in [0, 0.1) is 5.92 Å². The number of ether oxygens (including phenoxy) is 1. The molecule has 1 aliphatic carbocycles. The normalized spacial score (nSPS) is 42.6. The largest absolute Gasteiger partial charge is 0.477 e. The van der Waals surface area contributed by atoms with Crippen molar-refractivity contribution in [2.24, 2.45) is 5.92 Å². The van der Waals surface area contributed by atoms with Gasteiger partial charge in [-0.15, -0.1) is 0 Å². The van der Waals surface area contributed by atoms with Crippen LogP contribution in [-0.2, 0) is 14.3 Å². The first kappa shape index (κ1) is 19.0. The van der Waals surface area contributed by atoms with E-state index in [-0.39, 0.29) is 13.0 Å². The third kappa shape index (κ3) is 2.87. The van der Waals surface area contributed by atoms with E-state index in [0.717, 1.165) is 0 Å². The van der Waals surface area contributed by atoms with Gasteiger partial charge in [0.1, 0.15) is 5.60 Å². The Bertz CT molecular complexity index is 523. The van der Waals surface area contributed by atoms with E-state index < -0.39 is 60.2 Å². The molecule has 1 saturated carbocycles. The van der Waals surface area contributed by atoms with Gasteiger partial charge in [-0.2, -0.15) is 4.39 Å². The van der Waals surface area contributed by atoms with E-state index in [4.69, 9.17) is 14.9 Å². The van der Waals surface area contributed by atoms with E-state index in [1.54, 1.807) is 6.92 Å². The van der Waals surface area contributed by atoms with Gasteiger partial charge in [0.2, 0.25) is 5.91 Å². The fourth-order valence-corrected chi connectivity index (χ4v) is 3.50. The van der Waals surface area contributed by atoms with Crippen LogP contribution >= 0.6 is 0 Å². The summed E-state index contributed by atoms with van der Waals surface area (Å²) in [7, 11) is 0. The third-order valence-corrected chi connectivity index (χ3v) is 4.64. The summed E-state index contributed by atoms with van der Waals surface area (Å²) in [6.45, 7) is 2.34. The second kappa shape index (κ2) is 6.51. The molecule has 0 radical (unpaired) electrons. The molecular formula is C14H22F2N2O6. The van der Waals surface area contributed by atoms with Gasteiger partial charge in [0, 0.05) is 12.8 Å². The lowest BCUT2D eigenvalue weighted by molar-refractivity contribution is -0.272. The minimum absolute atomic E-state index is 0.0206. The van der Waals surface area contributed by atoms with Crippen LogP contribution in [0.1, 0.15) is 20.3 Å². The van der Waals surface area contributed by atoms with Gasteiger partial charge < -0.3 is 30.7 Å². The molecule has 7 atom stereocenters. The van der Waals surface area contributed by atoms with Crippen molar-refractivity contribution in [3.63, 3.8) is 0 Å². The summed E-state index contributed by atoms with van der Waals surface area (Å²) < 4.78 is 34.4. The molecule has 8 nitrogen and oxygen atoms in total. The van der Waals surface area contributed by atoms with Gasteiger partial charge >= 0.3 is 11.8 Å². The zero-order valence-corrected chi connectivity index (χ0v) is 13.3. The van der Waals surface area contributed by atoms with Gasteiger partial charge in [0.15, 0.2) is 6.17 Å². The molecule has 1 heterocycles. The van der Waals surface area contributed by atoms with E-state index in [1.807, 2.05) is 0 Å². The number of likely N-dealkylation sites (N-methyl/N-ethyl adjacent to an activating group) is 1. The van der Waals surface area contributed by atoms with Crippen LogP contribution in [0.4, 0.5) is 8.78 Å². The van der Waals surface area contributed by atoms with Crippen LogP contribution in [0.15, 0.2) is 0 Å². The maximum Gasteiger partial charge on any atom is 0.372 e. The Labute approximate surface area is 137 Å². The first-order chi connectivity index (χ1) is 11.1. The molecule has 10 heteroatoms. The van der Waals surface area contributed by atoms with Crippen molar-refractivity contribution in [2.45, 2.75) is 56.1 Å². The number of aliphatic carboxylic acids is 1. The Kier molecular flexibility index (Phi) is 5.14. The van der Waals surface area contributed by atoms with Crippen LogP contribution in [-0.4, -0.2) is 76.2 Å². The number of nitrogens with one attached hydrogen (secondary N) is 2. The number of aliphatic hydroxyl groups excluding tert-OH is 2. The maximum atomic E-state index is 14.8. The van der Waals surface area contributed by atoms with Crippen molar-refractivity contribution >= 4 is 11.9 Å². The molecule has 5 N–H and O–H groups in total. The van der Waals surface area contributed by atoms with Gasteiger partial charge in [-0.05, 0) is 13.0 Å². The van der Waals surface area contributed by atoms with Crippen LogP contribution in [0.2, 0.25) is 0 Å². The minimum atomic E-state index is -3.62. The summed E-state index contributed by atoms with van der Waals surface area (Å²) in [6, 6.07) is -2.47. The Hall–Kier alpha value is -1.36. The number of carboxylic acid groups (broad SMARTS) is 1. The number of carbonyl (C=O) groups is 2. The predicted octanol–water partition coefficient (Wildman–Crippen LogP) is -1.30. The standard InChI is InChI=1S/C14H22F2N2O6/c1-3-17-9-10(15)14(16,12(22)23)24-13(11(9)18-6(2)20)4-7(13)8(21)5-19/h7-11,17,19,21H,3-5H2,1-2H3,(H,18,20)(H,22,23). The number of carbonyl (C=O) groups excluding carboxylic acids is 1. The molecule has 2 rings (SSSR count). The summed E-state index contributed by atoms with van der Waals surface area (Å²) in [4.78, 5) is 22.7. The molecule has 0 aromatic heterocycles. The summed E-state index contributed by atoms with van der Waals surface area (Å²) in [5.41, 5.74) is -1.61. The molecule has 2 aliphatic rings. The van der Waals surface area contributed by atoms with Crippen LogP contribution in [0.5, 0.6) is 0 Å². The summed E-state index contributed by atoms with van der Waals surface area (Å²) >= 11 is 0. The number of carboxylic acids is 1. The highest BCUT2D eigenvalue weighted by molar-refractivity contribution is 5.78. The van der Waals surface area contributed by atoms with E-state index in [1.165, 1.54) is 6.92 Å². The zero-order chi connectivity index (χ0) is 18.3. The van der Waals surface area contributed by atoms with Crippen LogP contribution in [0.25, 0.3) is 0 Å². The van der Waals surface area contributed by atoms with Crippen molar-refractivity contribution < 1.29 is 38.4 Å². The van der Waals surface area contributed by atoms with E-state index in [0.29, 0.717) is 0 Å². The molecule has 1 amide bonds. The molecule has 1 spiro atoms. The number of alkyl halides is 2. The van der Waals surface area contributed by atoms with Crippen LogP contribution in [0.3, 0.4) is 0 Å². The highest BCUT2D eigenvalue weighted by atomic mass is 19.2. The number of hydrogen-bond donors (Lipinski definition) is 5. The quantitative estimate of drug-likeness (QED) is 0.402. The van der Waals surface area contributed by atoms with Crippen molar-refractivity contribution in [1.29, 1.82) is 0 Å². The third-order valence-electron chi connectivity index (χ3n) is 4.64. The lowest BCUT2D eigenvalue weighted by Crippen LogP contribution is -2.73. The van der Waals surface area contributed by atoms with Crippen molar-refractivity contribution in [2.75, 3.05) is 13.2 Å². The van der Waals surface area contributed by atoms with Gasteiger partial charge in [0.05, 0.1) is 24.8 Å². The van der Waals surface area contributed by atoms with Crippen molar-refractivity contribution in [1.82, 2.24) is 10.6 Å². The summed E-state index contributed by atoms with van der Waals surface area (Å²) in [5, 5.41) is 33.1. The SMILES string of the molecule is CCNC1C(F)C(F)(C(=O)O)OC2(CC2C(O)CO)C1NC(C)=O. The molecule has 0 aromatic rings. The van der Waals surface area contributed by atoms with Gasteiger partial charge in [0.25, 0.3) is 0 Å². The van der Waals surface area contributed by atoms with E-state index in [2.05, 4.69) is 10.6 Å². The fourth-order valence-electron chi connectivity index (χ4n) is 3.50. The van der Waals surface area contributed by atoms with E-state index >= 15 is 0 Å². The van der Waals surface area contributed by atoms with Crippen LogP contribution < -0.4 is 10.6 Å². The maximum absolute atomic E-state index is 14.8. The highest BCUT2D eigenvalue weighted by Crippen LogP contribution is 2.58. The lowest BCUT2D eigenvalue weighted by Gasteiger charge is -2.47. The molecule has 1 aliphatic heterocycles. The monoisotopic (exact) mass is 352 g/mol. The number of rotatable bonds is 6. The average molecular weight is 352 g/mol. The fraction of sp³-hybridized carbons (Fsp3) is 0.857. The Balaban J connectivity index is 2.45. The molecule has 138 valence electrons. The number of amides is 1. The molecule has 0 aromatic carbocycles. The molecule has 2 fully saturated rings. The minimum Gasteiger partial charge on any atom is -0.477 e. The molecule has 1 saturated heterocycles. The Morgan fingerprint density at radius 1 is 1.46 bits per heavy atom. The van der Waals surface area contributed by atoms with Gasteiger partial charge in [-0.25, -0.2) is 9.18 Å².